The van der Waals surface area contributed by atoms with Crippen molar-refractivity contribution in [2.75, 3.05) is 158 Å². The maximum atomic E-state index is 13.5. The van der Waals surface area contributed by atoms with Gasteiger partial charge in [0.25, 0.3) is 5.91 Å². The quantitative estimate of drug-likeness (QED) is 0.0121. The Morgan fingerprint density at radius 1 is 0.322 bits per heavy atom. The highest BCUT2D eigenvalue weighted by molar-refractivity contribution is 5.80. The summed E-state index contributed by atoms with van der Waals surface area (Å²) in [6, 6.07) is -1.26. The van der Waals surface area contributed by atoms with Gasteiger partial charge < -0.3 is 73.4 Å². The number of unbranched alkanes of at least 4 members (excludes halogenated alkanes) is 36. The third-order valence-corrected chi connectivity index (χ3v) is 19.6. The fraction of sp³-hybridized carbons (Fsp3) is 0.857. The molecule has 1 unspecified atom stereocenters. The number of nitrogens with one attached hydrogen (secondary N) is 2. The largest absolute Gasteiger partial charge is 0.480 e. The lowest BCUT2D eigenvalue weighted by Gasteiger charge is -2.34. The van der Waals surface area contributed by atoms with E-state index < -0.39 is 143 Å². The van der Waals surface area contributed by atoms with E-state index in [0.29, 0.717) is 25.7 Å². The van der Waals surface area contributed by atoms with Gasteiger partial charge in [-0.1, -0.05) is 252 Å². The second-order valence-electron chi connectivity index (χ2n) is 30.6. The average Bonchev–Trinajstić information content (AvgIpc) is 0.824. The van der Waals surface area contributed by atoms with Crippen LogP contribution in [0.5, 0.6) is 0 Å². The minimum absolute atomic E-state index is 0.0284. The highest BCUT2D eigenvalue weighted by atomic mass is 16.8. The van der Waals surface area contributed by atoms with Crippen LogP contribution in [-0.2, 0) is 100 Å². The van der Waals surface area contributed by atoms with Gasteiger partial charge in [0.15, 0.2) is 11.4 Å². The number of esters is 3. The smallest absolute Gasteiger partial charge is 0.455 e. The van der Waals surface area contributed by atoms with Crippen molar-refractivity contribution in [1.82, 2.24) is 30.6 Å². The lowest BCUT2D eigenvalue weighted by molar-refractivity contribution is -0.185. The molecule has 686 valence electrons. The molecule has 0 aromatic heterocycles. The van der Waals surface area contributed by atoms with Crippen molar-refractivity contribution in [2.24, 2.45) is 0 Å². The number of carboxylic acid groups (broad SMARTS) is 6. The molecule has 0 heterocycles. The van der Waals surface area contributed by atoms with E-state index in [1.165, 1.54) is 183 Å². The molecule has 0 saturated heterocycles. The Kier molecular flexibility index (Phi) is 74.2. The van der Waals surface area contributed by atoms with Crippen LogP contribution in [0.15, 0.2) is 0 Å². The summed E-state index contributed by atoms with van der Waals surface area (Å²) in [4.78, 5) is 162. The second kappa shape index (κ2) is 78.8. The number of hydrogen-bond donors (Lipinski definition) is 8. The van der Waals surface area contributed by atoms with Crippen LogP contribution >= 0.6 is 0 Å². The zero-order chi connectivity index (χ0) is 87.2. The van der Waals surface area contributed by atoms with Gasteiger partial charge >= 0.3 is 59.8 Å². The zero-order valence-corrected chi connectivity index (χ0v) is 71.9. The van der Waals surface area contributed by atoms with Crippen molar-refractivity contribution in [3.05, 3.63) is 0 Å². The first-order chi connectivity index (χ1) is 56.9. The number of ether oxygens (including phenoxy) is 8. The predicted molar refractivity (Wildman–Crippen MR) is 440 cm³/mol. The monoisotopic (exact) mass is 1690 g/mol. The number of nitrogens with zero attached hydrogens (tertiary/aromatic N) is 4. The van der Waals surface area contributed by atoms with Crippen molar-refractivity contribution >= 4 is 71.5 Å². The fourth-order valence-electron chi connectivity index (χ4n) is 13.0. The Morgan fingerprint density at radius 2 is 0.678 bits per heavy atom. The highest BCUT2D eigenvalue weighted by Crippen LogP contribution is 2.21. The minimum Gasteiger partial charge on any atom is -0.480 e. The second-order valence-corrected chi connectivity index (χ2v) is 30.6. The highest BCUT2D eigenvalue weighted by Gasteiger charge is 2.37. The molecule has 118 heavy (non-hydrogen) atoms. The topological polar surface area (TPSA) is 456 Å². The number of hydroxylamine groups is 2. The number of carbonyl (C=O) groups excluding carboxylic acids is 6. The SMILES string of the molecule is CCCCCCCCCCCCCCCC(=O)COC(COCCCONC(=O)ONC(=O)COCCOCCOCC(=O)OCC(CN(CCN(CCN(CC(=O)O)CC(=O)O)CC(=O)O)CC(=O)O)N(CC(=O)O)CC(=O)O)(COC(=O)CCCCCCCCCCCCCCC)COC(=O)CCCCCCCCCCCCCCC. The van der Waals surface area contributed by atoms with E-state index in [1.54, 1.807) is 0 Å². The van der Waals surface area contributed by atoms with Crippen molar-refractivity contribution in [2.45, 2.75) is 309 Å². The lowest BCUT2D eigenvalue weighted by Crippen LogP contribution is -2.52. The maximum absolute atomic E-state index is 13.5. The number of hydrogen-bond acceptors (Lipinski definition) is 26. The molecule has 0 aromatic carbocycles. The Morgan fingerprint density at radius 3 is 1.09 bits per heavy atom. The molecule has 34 nitrogen and oxygen atoms in total. The Hall–Kier alpha value is -6.76. The molecular weight excluding hydrogens is 1540 g/mol. The van der Waals surface area contributed by atoms with Crippen molar-refractivity contribution < 1.29 is 136 Å². The molecule has 1 atom stereocenters. The molecule has 0 rings (SSSR count). The van der Waals surface area contributed by atoms with Gasteiger partial charge in [-0.05, 0) is 25.7 Å². The van der Waals surface area contributed by atoms with Gasteiger partial charge in [-0.2, -0.15) is 11.0 Å². The molecule has 0 radical (unpaired) electrons. The van der Waals surface area contributed by atoms with E-state index >= 15 is 0 Å². The molecule has 34 heteroatoms. The van der Waals surface area contributed by atoms with E-state index in [0.717, 1.165) is 67.6 Å². The van der Waals surface area contributed by atoms with E-state index in [1.807, 2.05) is 11.0 Å². The number of rotatable bonds is 89. The molecule has 8 N–H and O–H groups in total. The van der Waals surface area contributed by atoms with E-state index in [2.05, 4.69) is 20.8 Å². The lowest BCUT2D eigenvalue weighted by atomic mass is 10.0. The molecule has 2 amide bonds. The first kappa shape index (κ1) is 111. The summed E-state index contributed by atoms with van der Waals surface area (Å²) in [5, 5.41) is 56.9. The standard InChI is InChI=1S/C84H152N6O28/c1-4-7-10-13-16-19-22-25-28-31-34-37-40-44-72(91)65-116-84(69-114-80(105)45-41-38-35-32-29-26-23-20-17-14-11-8-5-2,70-115-81(106)46-42-39-36-33-30-27-24-21-18-15-12-9-6-3)68-112-51-43-52-117-86-83(108)118-85-73(92)66-110-55-53-109-54-56-111-67-82(107)113-64-71(90(62-78(101)102)63-79(103)104)57-88(59-75(95)96)49-47-87(58-74(93)94)48-50-89(60-76(97)98)61-77(99)100/h71H,4-70H2,1-3H3,(H,85,92)(H,86,108)(H,93,94)(H,95,96)(H,97,98)(H,99,100)(H,101,102)(H,103,104). The zero-order valence-electron chi connectivity index (χ0n) is 71.9. The van der Waals surface area contributed by atoms with Crippen molar-refractivity contribution in [3.8, 4) is 0 Å². The van der Waals surface area contributed by atoms with E-state index in [-0.39, 0.29) is 117 Å². The Bertz CT molecular complexity index is 2490. The summed E-state index contributed by atoms with van der Waals surface area (Å²) in [7, 11) is 0. The van der Waals surface area contributed by atoms with Crippen LogP contribution in [0.4, 0.5) is 4.79 Å². The summed E-state index contributed by atoms with van der Waals surface area (Å²) in [5.41, 5.74) is 2.42. The normalized spacial score (nSPS) is 11.8. The van der Waals surface area contributed by atoms with Crippen LogP contribution in [0.2, 0.25) is 0 Å². The third-order valence-electron chi connectivity index (χ3n) is 19.6. The number of amides is 2. The van der Waals surface area contributed by atoms with Crippen LogP contribution in [0, 0.1) is 0 Å². The van der Waals surface area contributed by atoms with Gasteiger partial charge in [0.2, 0.25) is 0 Å². The van der Waals surface area contributed by atoms with Gasteiger partial charge in [0.1, 0.15) is 39.6 Å². The Labute approximate surface area is 701 Å². The third kappa shape index (κ3) is 74.3. The molecular formula is C84H152N6O28. The van der Waals surface area contributed by atoms with Crippen molar-refractivity contribution in [1.29, 1.82) is 0 Å². The molecule has 0 spiro atoms. The molecule has 0 saturated carbocycles. The molecule has 0 bridgehead atoms. The van der Waals surface area contributed by atoms with E-state index in [4.69, 9.17) is 47.6 Å². The number of carbonyl (C=O) groups is 12. The predicted octanol–water partition coefficient (Wildman–Crippen LogP) is 11.6. The molecule has 0 fully saturated rings. The van der Waals surface area contributed by atoms with Gasteiger partial charge in [-0.15, -0.1) is 0 Å². The first-order valence-electron chi connectivity index (χ1n) is 44.0. The Balaban J connectivity index is 5.54. The fourth-order valence-corrected chi connectivity index (χ4v) is 13.0. The summed E-state index contributed by atoms with van der Waals surface area (Å²) in [5.74, 6) is -11.2. The van der Waals surface area contributed by atoms with Crippen LogP contribution in [-0.4, -0.2) is 291 Å². The van der Waals surface area contributed by atoms with E-state index in [9.17, 15) is 88.2 Å². The summed E-state index contributed by atoms with van der Waals surface area (Å²) >= 11 is 0. The number of Topliss-reactive ketones (excluding diaryl/α,β-unsaturated/α-hetero) is 1. The van der Waals surface area contributed by atoms with Crippen LogP contribution in [0.3, 0.4) is 0 Å². The molecule has 0 aliphatic rings. The number of carboxylic acids is 6. The van der Waals surface area contributed by atoms with Crippen molar-refractivity contribution in [3.63, 3.8) is 0 Å². The van der Waals surface area contributed by atoms with Gasteiger partial charge in [0.05, 0.1) is 85.0 Å². The number of ketones is 1. The van der Waals surface area contributed by atoms with Gasteiger partial charge in [-0.3, -0.25) is 72.4 Å². The number of aliphatic carboxylic acids is 6. The van der Waals surface area contributed by atoms with Gasteiger partial charge in [0, 0.05) is 58.6 Å². The molecule has 0 aliphatic carbocycles. The maximum Gasteiger partial charge on any atom is 0.455 e. The first-order valence-corrected chi connectivity index (χ1v) is 44.0. The molecule has 0 aromatic rings. The average molecular weight is 1690 g/mol. The summed E-state index contributed by atoms with van der Waals surface area (Å²) < 4.78 is 45.5. The summed E-state index contributed by atoms with van der Waals surface area (Å²) in [6.45, 7) is -2.58. The van der Waals surface area contributed by atoms with Crippen LogP contribution in [0.1, 0.15) is 297 Å². The minimum atomic E-state index is -1.53. The summed E-state index contributed by atoms with van der Waals surface area (Å²) in [6.07, 6.45) is 45.0. The molecule has 0 aliphatic heterocycles. The van der Waals surface area contributed by atoms with Gasteiger partial charge in [-0.25, -0.2) is 9.59 Å². The van der Waals surface area contributed by atoms with Crippen LogP contribution < -0.4 is 11.0 Å². The van der Waals surface area contributed by atoms with Crippen LogP contribution in [0.25, 0.3) is 0 Å².